The number of benzene rings is 1. The van der Waals surface area contributed by atoms with E-state index in [0.29, 0.717) is 16.6 Å². The van der Waals surface area contributed by atoms with Gasteiger partial charge < -0.3 is 9.73 Å². The normalized spacial score (nSPS) is 10.8. The Kier molecular flexibility index (Phi) is 2.72. The Morgan fingerprint density at radius 2 is 2.05 bits per heavy atom. The van der Waals surface area contributed by atoms with Gasteiger partial charge in [-0.25, -0.2) is 14.8 Å². The van der Waals surface area contributed by atoms with E-state index in [1.54, 1.807) is 19.2 Å². The summed E-state index contributed by atoms with van der Waals surface area (Å²) < 4.78 is 6.54. The highest BCUT2D eigenvalue weighted by atomic mass is 35.5. The number of nitrogens with one attached hydrogen (secondary N) is 1. The summed E-state index contributed by atoms with van der Waals surface area (Å²) in [6.07, 6.45) is 3.00. The van der Waals surface area contributed by atoms with E-state index in [1.165, 1.54) is 17.0 Å². The molecule has 3 rings (SSSR count). The lowest BCUT2D eigenvalue weighted by atomic mass is 10.3. The zero-order chi connectivity index (χ0) is 13.4. The summed E-state index contributed by atoms with van der Waals surface area (Å²) in [5.74, 6) is 0.0249. The number of hydrogen-bond acceptors (Lipinski definition) is 5. The van der Waals surface area contributed by atoms with Crippen molar-refractivity contribution in [2.24, 2.45) is 7.05 Å². The summed E-state index contributed by atoms with van der Waals surface area (Å²) in [6, 6.07) is 5.32. The van der Waals surface area contributed by atoms with E-state index in [1.807, 2.05) is 6.07 Å². The van der Waals surface area contributed by atoms with Crippen LogP contribution in [0.3, 0.4) is 0 Å². The zero-order valence-electron chi connectivity index (χ0n) is 9.92. The second-order valence-corrected chi connectivity index (χ2v) is 4.40. The van der Waals surface area contributed by atoms with Crippen molar-refractivity contribution in [1.29, 1.82) is 0 Å². The van der Waals surface area contributed by atoms with Crippen LogP contribution < -0.4 is 11.1 Å². The van der Waals surface area contributed by atoms with E-state index in [0.717, 1.165) is 11.2 Å². The van der Waals surface area contributed by atoms with Crippen molar-refractivity contribution in [2.45, 2.75) is 0 Å². The third-order valence-electron chi connectivity index (χ3n) is 2.67. The van der Waals surface area contributed by atoms with Crippen LogP contribution >= 0.6 is 11.6 Å². The van der Waals surface area contributed by atoms with Crippen LogP contribution in [0, 0.1) is 0 Å². The number of oxazole rings is 1. The molecule has 96 valence electrons. The van der Waals surface area contributed by atoms with E-state index < -0.39 is 5.76 Å². The molecule has 0 aliphatic rings. The molecular formula is C12H9ClN4O2. The summed E-state index contributed by atoms with van der Waals surface area (Å²) in [7, 11) is 1.66. The summed E-state index contributed by atoms with van der Waals surface area (Å²) in [6.45, 7) is 0. The minimum Gasteiger partial charge on any atom is -0.408 e. The summed E-state index contributed by atoms with van der Waals surface area (Å²) in [5, 5.41) is 3.47. The lowest BCUT2D eigenvalue weighted by molar-refractivity contribution is 0.528. The van der Waals surface area contributed by atoms with Crippen LogP contribution in [0.4, 0.5) is 11.6 Å². The Balaban J connectivity index is 1.97. The molecule has 2 aromatic heterocycles. The lowest BCUT2D eigenvalue weighted by Gasteiger charge is -2.03. The van der Waals surface area contributed by atoms with Crippen LogP contribution in [0.2, 0.25) is 5.02 Å². The van der Waals surface area contributed by atoms with Gasteiger partial charge in [0.25, 0.3) is 0 Å². The quantitative estimate of drug-likeness (QED) is 0.777. The molecule has 19 heavy (non-hydrogen) atoms. The molecule has 1 N–H and O–H groups in total. The molecule has 6 nitrogen and oxygen atoms in total. The molecule has 0 radical (unpaired) electrons. The SMILES string of the molecule is Cn1c(=O)oc2cc(Nc3ncc(Cl)cn3)ccc21. The Morgan fingerprint density at radius 3 is 2.79 bits per heavy atom. The molecule has 0 saturated heterocycles. The van der Waals surface area contributed by atoms with Crippen molar-refractivity contribution in [1.82, 2.24) is 14.5 Å². The van der Waals surface area contributed by atoms with Crippen LogP contribution in [-0.4, -0.2) is 14.5 Å². The molecule has 2 heterocycles. The number of nitrogens with zero attached hydrogens (tertiary/aromatic N) is 3. The van der Waals surface area contributed by atoms with E-state index in [4.69, 9.17) is 16.0 Å². The third kappa shape index (κ3) is 2.17. The molecule has 0 spiro atoms. The van der Waals surface area contributed by atoms with Crippen molar-refractivity contribution in [2.75, 3.05) is 5.32 Å². The highest BCUT2D eigenvalue weighted by molar-refractivity contribution is 6.30. The largest absolute Gasteiger partial charge is 0.419 e. The summed E-state index contributed by atoms with van der Waals surface area (Å²) in [4.78, 5) is 19.4. The molecule has 1 aromatic carbocycles. The van der Waals surface area contributed by atoms with Gasteiger partial charge in [0.05, 0.1) is 22.9 Å². The van der Waals surface area contributed by atoms with Crippen LogP contribution in [0.25, 0.3) is 11.1 Å². The highest BCUT2D eigenvalue weighted by Gasteiger charge is 2.06. The number of fused-ring (bicyclic) bond motifs is 1. The number of anilines is 2. The molecular weight excluding hydrogens is 268 g/mol. The first-order valence-corrected chi connectivity index (χ1v) is 5.85. The topological polar surface area (TPSA) is 73.0 Å². The first-order chi connectivity index (χ1) is 9.13. The van der Waals surface area contributed by atoms with Crippen LogP contribution in [0.15, 0.2) is 39.8 Å². The van der Waals surface area contributed by atoms with Gasteiger partial charge in [-0.15, -0.1) is 0 Å². The van der Waals surface area contributed by atoms with Gasteiger partial charge in [0.1, 0.15) is 0 Å². The number of aryl methyl sites for hydroxylation is 1. The molecule has 0 atom stereocenters. The van der Waals surface area contributed by atoms with Crippen molar-refractivity contribution in [3.63, 3.8) is 0 Å². The van der Waals surface area contributed by atoms with Crippen LogP contribution in [0.5, 0.6) is 0 Å². The summed E-state index contributed by atoms with van der Waals surface area (Å²) >= 11 is 5.71. The Morgan fingerprint density at radius 1 is 1.32 bits per heavy atom. The van der Waals surface area contributed by atoms with E-state index >= 15 is 0 Å². The fourth-order valence-electron chi connectivity index (χ4n) is 1.72. The molecule has 3 aromatic rings. The molecule has 0 bridgehead atoms. The fraction of sp³-hybridized carbons (Fsp3) is 0.0833. The average Bonchev–Trinajstić information content (AvgIpc) is 2.68. The predicted octanol–water partition coefficient (Wildman–Crippen LogP) is 2.32. The van der Waals surface area contributed by atoms with E-state index in [9.17, 15) is 4.79 Å². The number of aromatic nitrogens is 3. The van der Waals surface area contributed by atoms with Crippen LogP contribution in [-0.2, 0) is 7.05 Å². The van der Waals surface area contributed by atoms with Crippen molar-refractivity contribution < 1.29 is 4.42 Å². The Labute approximate surface area is 112 Å². The molecule has 0 fully saturated rings. The number of halogens is 1. The Hall–Kier alpha value is -2.34. The molecule has 0 aliphatic heterocycles. The van der Waals surface area contributed by atoms with Gasteiger partial charge in [0, 0.05) is 18.8 Å². The van der Waals surface area contributed by atoms with Gasteiger partial charge in [-0.3, -0.25) is 4.57 Å². The second-order valence-electron chi connectivity index (χ2n) is 3.96. The van der Waals surface area contributed by atoms with E-state index in [2.05, 4.69) is 15.3 Å². The van der Waals surface area contributed by atoms with Gasteiger partial charge in [-0.05, 0) is 12.1 Å². The first-order valence-electron chi connectivity index (χ1n) is 5.47. The maximum atomic E-state index is 11.4. The first kappa shape index (κ1) is 11.7. The third-order valence-corrected chi connectivity index (χ3v) is 2.86. The van der Waals surface area contributed by atoms with Gasteiger partial charge >= 0.3 is 5.76 Å². The molecule has 0 unspecified atom stereocenters. The standard InChI is InChI=1S/C12H9ClN4O2/c1-17-9-3-2-8(4-10(9)19-12(17)18)16-11-14-5-7(13)6-15-11/h2-6H,1H3,(H,14,15,16). The van der Waals surface area contributed by atoms with Gasteiger partial charge in [-0.2, -0.15) is 0 Å². The minimum absolute atomic E-state index is 0.394. The molecule has 7 heteroatoms. The fourth-order valence-corrected chi connectivity index (χ4v) is 1.82. The average molecular weight is 277 g/mol. The van der Waals surface area contributed by atoms with Gasteiger partial charge in [0.2, 0.25) is 5.95 Å². The van der Waals surface area contributed by atoms with Crippen molar-refractivity contribution in [3.8, 4) is 0 Å². The van der Waals surface area contributed by atoms with Crippen LogP contribution in [0.1, 0.15) is 0 Å². The molecule has 0 amide bonds. The Bertz CT molecular complexity index is 792. The second kappa shape index (κ2) is 4.40. The lowest BCUT2D eigenvalue weighted by Crippen LogP contribution is -2.08. The molecule has 0 saturated carbocycles. The van der Waals surface area contributed by atoms with Gasteiger partial charge in [0.15, 0.2) is 5.58 Å². The zero-order valence-corrected chi connectivity index (χ0v) is 10.7. The van der Waals surface area contributed by atoms with E-state index in [-0.39, 0.29) is 0 Å². The highest BCUT2D eigenvalue weighted by Crippen LogP contribution is 2.20. The summed E-state index contributed by atoms with van der Waals surface area (Å²) in [5.41, 5.74) is 1.96. The maximum absolute atomic E-state index is 11.4. The number of rotatable bonds is 2. The molecule has 0 aliphatic carbocycles. The van der Waals surface area contributed by atoms with Crippen molar-refractivity contribution in [3.05, 3.63) is 46.2 Å². The van der Waals surface area contributed by atoms with Crippen molar-refractivity contribution >= 4 is 34.3 Å². The minimum atomic E-state index is -0.394. The smallest absolute Gasteiger partial charge is 0.408 e. The number of hydrogen-bond donors (Lipinski definition) is 1. The van der Waals surface area contributed by atoms with Gasteiger partial charge in [-0.1, -0.05) is 11.6 Å². The predicted molar refractivity (Wildman–Crippen MR) is 71.8 cm³/mol. The maximum Gasteiger partial charge on any atom is 0.419 e. The monoisotopic (exact) mass is 276 g/mol.